The van der Waals surface area contributed by atoms with Crippen molar-refractivity contribution in [1.82, 2.24) is 13.9 Å². The summed E-state index contributed by atoms with van der Waals surface area (Å²) in [6.07, 6.45) is 2.33. The van der Waals surface area contributed by atoms with Crippen LogP contribution in [0.3, 0.4) is 0 Å². The van der Waals surface area contributed by atoms with Crippen molar-refractivity contribution in [2.75, 3.05) is 7.05 Å². The molecule has 0 saturated heterocycles. The lowest BCUT2D eigenvalue weighted by atomic mass is 10.2. The third kappa shape index (κ3) is 3.36. The van der Waals surface area contributed by atoms with E-state index in [1.807, 2.05) is 0 Å². The summed E-state index contributed by atoms with van der Waals surface area (Å²) in [4.78, 5) is 3.92. The van der Waals surface area contributed by atoms with Gasteiger partial charge < -0.3 is 0 Å². The maximum Gasteiger partial charge on any atom is 0.319 e. The highest BCUT2D eigenvalue weighted by atomic mass is 79.9. The molecule has 0 fully saturated rings. The summed E-state index contributed by atoms with van der Waals surface area (Å²) < 4.78 is 53.0. The van der Waals surface area contributed by atoms with E-state index in [2.05, 4.69) is 20.9 Å². The molecule has 0 radical (unpaired) electrons. The Labute approximate surface area is 135 Å². The Morgan fingerprint density at radius 1 is 1.41 bits per heavy atom. The highest BCUT2D eigenvalue weighted by Gasteiger charge is 2.25. The molecule has 2 rings (SSSR count). The van der Waals surface area contributed by atoms with E-state index in [0.717, 1.165) is 10.5 Å². The zero-order valence-corrected chi connectivity index (χ0v) is 14.3. The van der Waals surface area contributed by atoms with Gasteiger partial charge in [0.25, 0.3) is 0 Å². The van der Waals surface area contributed by atoms with E-state index in [-0.39, 0.29) is 17.3 Å². The number of halogens is 3. The average Bonchev–Trinajstić information content (AvgIpc) is 2.89. The molecule has 1 aromatic carbocycles. The number of imidazole rings is 1. The number of alkyl halides is 2. The van der Waals surface area contributed by atoms with E-state index in [1.54, 1.807) is 19.1 Å². The van der Waals surface area contributed by atoms with Crippen molar-refractivity contribution in [3.8, 4) is 0 Å². The number of benzene rings is 1. The van der Waals surface area contributed by atoms with Crippen LogP contribution in [0.4, 0.5) is 8.78 Å². The van der Waals surface area contributed by atoms with Crippen molar-refractivity contribution >= 4 is 26.0 Å². The fourth-order valence-electron chi connectivity index (χ4n) is 1.95. The second-order valence-electron chi connectivity index (χ2n) is 4.70. The van der Waals surface area contributed by atoms with Gasteiger partial charge in [0.1, 0.15) is 5.82 Å². The van der Waals surface area contributed by atoms with Crippen molar-refractivity contribution < 1.29 is 17.2 Å². The zero-order chi connectivity index (χ0) is 16.5. The first-order valence-electron chi connectivity index (χ1n) is 6.26. The molecule has 1 aromatic heterocycles. The van der Waals surface area contributed by atoms with Crippen LogP contribution < -0.4 is 0 Å². The van der Waals surface area contributed by atoms with Crippen molar-refractivity contribution in [2.45, 2.75) is 24.9 Å². The Balaban J connectivity index is 2.33. The molecule has 0 aliphatic carbocycles. The first-order chi connectivity index (χ1) is 10.2. The van der Waals surface area contributed by atoms with Crippen LogP contribution in [0.15, 0.2) is 40.0 Å². The predicted octanol–water partition coefficient (Wildman–Crippen LogP) is 3.17. The summed E-state index contributed by atoms with van der Waals surface area (Å²) in [6, 6.07) is 4.89. The predicted molar refractivity (Wildman–Crippen MR) is 81.0 cm³/mol. The minimum Gasteiger partial charge on any atom is -0.277 e. The van der Waals surface area contributed by atoms with Crippen LogP contribution in [0.2, 0.25) is 0 Å². The van der Waals surface area contributed by atoms with Crippen molar-refractivity contribution in [2.24, 2.45) is 0 Å². The monoisotopic (exact) mass is 393 g/mol. The summed E-state index contributed by atoms with van der Waals surface area (Å²) in [5.74, 6) is -0.0197. The number of rotatable bonds is 5. The first kappa shape index (κ1) is 17.0. The zero-order valence-electron chi connectivity index (χ0n) is 11.9. The second-order valence-corrected chi connectivity index (χ2v) is 7.63. The number of nitrogens with zero attached hydrogens (tertiary/aromatic N) is 3. The fourth-order valence-corrected chi connectivity index (χ4v) is 3.83. The van der Waals surface area contributed by atoms with E-state index in [9.17, 15) is 17.2 Å². The van der Waals surface area contributed by atoms with E-state index in [0.29, 0.717) is 14.6 Å². The summed E-state index contributed by atoms with van der Waals surface area (Å²) in [5.41, 5.74) is 0.576. The van der Waals surface area contributed by atoms with Crippen LogP contribution in [0.25, 0.3) is 0 Å². The van der Waals surface area contributed by atoms with Gasteiger partial charge in [0, 0.05) is 23.9 Å². The number of sulfonamides is 1. The summed E-state index contributed by atoms with van der Waals surface area (Å²) in [6.45, 7) is -1.33. The minimum absolute atomic E-state index is 0.0197. The Morgan fingerprint density at radius 3 is 2.73 bits per heavy atom. The molecule has 0 bridgehead atoms. The van der Waals surface area contributed by atoms with Crippen LogP contribution in [-0.4, -0.2) is 29.3 Å². The maximum atomic E-state index is 12.8. The molecule has 120 valence electrons. The van der Waals surface area contributed by atoms with Gasteiger partial charge in [-0.15, -0.1) is 0 Å². The van der Waals surface area contributed by atoms with Crippen LogP contribution in [0, 0.1) is 6.92 Å². The standard InChI is InChI=1S/C13H14BrF2N3O2S/c1-9-3-4-10(14)7-11(9)22(20,21)18(2)8-12-17-5-6-19(12)13(15)16/h3-7,13H,8H2,1-2H3. The van der Waals surface area contributed by atoms with Gasteiger partial charge in [-0.2, -0.15) is 13.1 Å². The Bertz CT molecular complexity index is 777. The molecule has 0 spiro atoms. The molecule has 2 aromatic rings. The maximum absolute atomic E-state index is 12.8. The van der Waals surface area contributed by atoms with Crippen molar-refractivity contribution in [1.29, 1.82) is 0 Å². The highest BCUT2D eigenvalue weighted by Crippen LogP contribution is 2.24. The molecule has 22 heavy (non-hydrogen) atoms. The normalized spacial score (nSPS) is 12.3. The quantitative estimate of drug-likeness (QED) is 0.783. The van der Waals surface area contributed by atoms with Gasteiger partial charge in [-0.05, 0) is 24.6 Å². The van der Waals surface area contributed by atoms with Gasteiger partial charge in [-0.25, -0.2) is 13.4 Å². The first-order valence-corrected chi connectivity index (χ1v) is 8.49. The van der Waals surface area contributed by atoms with Gasteiger partial charge in [-0.1, -0.05) is 22.0 Å². The Morgan fingerprint density at radius 2 is 2.09 bits per heavy atom. The lowest BCUT2D eigenvalue weighted by molar-refractivity contribution is 0.0658. The molecule has 0 amide bonds. The molecule has 1 heterocycles. The number of hydrogen-bond donors (Lipinski definition) is 0. The summed E-state index contributed by atoms with van der Waals surface area (Å²) in [5, 5.41) is 0. The van der Waals surface area contributed by atoms with E-state index >= 15 is 0 Å². The highest BCUT2D eigenvalue weighted by molar-refractivity contribution is 9.10. The summed E-state index contributed by atoms with van der Waals surface area (Å²) in [7, 11) is -2.47. The molecule has 0 aliphatic heterocycles. The number of aromatic nitrogens is 2. The van der Waals surface area contributed by atoms with E-state index in [4.69, 9.17) is 0 Å². The molecule has 0 atom stereocenters. The lowest BCUT2D eigenvalue weighted by Gasteiger charge is -2.19. The number of hydrogen-bond acceptors (Lipinski definition) is 3. The van der Waals surface area contributed by atoms with Gasteiger partial charge in [0.05, 0.1) is 11.4 Å². The minimum atomic E-state index is -3.81. The van der Waals surface area contributed by atoms with E-state index < -0.39 is 16.6 Å². The number of aryl methyl sites for hydroxylation is 1. The third-order valence-electron chi connectivity index (χ3n) is 3.16. The second kappa shape index (κ2) is 6.43. The smallest absolute Gasteiger partial charge is 0.277 e. The van der Waals surface area contributed by atoms with Crippen LogP contribution in [0.1, 0.15) is 17.9 Å². The molecule has 0 unspecified atom stereocenters. The molecule has 5 nitrogen and oxygen atoms in total. The Hall–Kier alpha value is -1.32. The van der Waals surface area contributed by atoms with Crippen LogP contribution in [-0.2, 0) is 16.6 Å². The third-order valence-corrected chi connectivity index (χ3v) is 5.60. The summed E-state index contributed by atoms with van der Waals surface area (Å²) >= 11 is 3.23. The van der Waals surface area contributed by atoms with Gasteiger partial charge in [-0.3, -0.25) is 4.57 Å². The van der Waals surface area contributed by atoms with Crippen LogP contribution in [0.5, 0.6) is 0 Å². The van der Waals surface area contributed by atoms with Gasteiger partial charge in [0.2, 0.25) is 10.0 Å². The van der Waals surface area contributed by atoms with Gasteiger partial charge >= 0.3 is 6.55 Å². The lowest BCUT2D eigenvalue weighted by Crippen LogP contribution is -2.28. The van der Waals surface area contributed by atoms with E-state index in [1.165, 1.54) is 19.3 Å². The van der Waals surface area contributed by atoms with Crippen molar-refractivity contribution in [3.63, 3.8) is 0 Å². The van der Waals surface area contributed by atoms with Crippen LogP contribution >= 0.6 is 15.9 Å². The molecule has 0 N–H and O–H groups in total. The van der Waals surface area contributed by atoms with Crippen molar-refractivity contribution in [3.05, 3.63) is 46.5 Å². The fraction of sp³-hybridized carbons (Fsp3) is 0.308. The molecule has 9 heteroatoms. The Kier molecular flexibility index (Phi) is 4.98. The molecule has 0 aliphatic rings. The van der Waals surface area contributed by atoms with Gasteiger partial charge in [0.15, 0.2) is 0 Å². The molecular formula is C13H14BrF2N3O2S. The average molecular weight is 394 g/mol. The molecular weight excluding hydrogens is 380 g/mol. The molecule has 0 saturated carbocycles. The SMILES string of the molecule is Cc1ccc(Br)cc1S(=O)(=O)N(C)Cc1nccn1C(F)F. The largest absolute Gasteiger partial charge is 0.319 e. The topological polar surface area (TPSA) is 55.2 Å².